The highest BCUT2D eigenvalue weighted by Gasteiger charge is 2.26. The van der Waals surface area contributed by atoms with Gasteiger partial charge in [-0.05, 0) is 24.9 Å². The van der Waals surface area contributed by atoms with Crippen molar-refractivity contribution in [3.63, 3.8) is 0 Å². The Balaban J connectivity index is 3.64. The lowest BCUT2D eigenvalue weighted by atomic mass is 10.0. The molecular weight excluding hydrogens is 162 g/mol. The smallest absolute Gasteiger partial charge is 0.323 e. The van der Waals surface area contributed by atoms with Crippen molar-refractivity contribution in [3.05, 3.63) is 0 Å². The van der Waals surface area contributed by atoms with Gasteiger partial charge in [0.15, 0.2) is 0 Å². The van der Waals surface area contributed by atoms with Crippen LogP contribution in [0.25, 0.3) is 0 Å². The molecule has 0 radical (unpaired) electrons. The van der Waals surface area contributed by atoms with Crippen LogP contribution in [-0.2, 0) is 4.79 Å². The van der Waals surface area contributed by atoms with Gasteiger partial charge in [0.25, 0.3) is 0 Å². The lowest BCUT2D eigenvalue weighted by molar-refractivity contribution is -0.142. The highest BCUT2D eigenvalue weighted by atomic mass is 32.2. The second-order valence-electron chi connectivity index (χ2n) is 2.67. The van der Waals surface area contributed by atoms with Crippen molar-refractivity contribution in [1.82, 2.24) is 0 Å². The molecule has 0 aliphatic heterocycles. The SMILES string of the molecule is CCSCCC(C)(N)C(=O)O. The van der Waals surface area contributed by atoms with Crippen LogP contribution >= 0.6 is 11.8 Å². The number of nitrogens with two attached hydrogens (primary N) is 1. The molecule has 1 unspecified atom stereocenters. The zero-order chi connectivity index (χ0) is 8.91. The van der Waals surface area contributed by atoms with Crippen molar-refractivity contribution >= 4 is 17.7 Å². The molecule has 11 heavy (non-hydrogen) atoms. The first-order chi connectivity index (χ1) is 5.00. The molecule has 0 aliphatic carbocycles. The van der Waals surface area contributed by atoms with Crippen molar-refractivity contribution in [2.75, 3.05) is 11.5 Å². The van der Waals surface area contributed by atoms with E-state index in [1.165, 1.54) is 0 Å². The van der Waals surface area contributed by atoms with Gasteiger partial charge in [0.05, 0.1) is 0 Å². The van der Waals surface area contributed by atoms with Crippen LogP contribution < -0.4 is 5.73 Å². The molecule has 0 amide bonds. The monoisotopic (exact) mass is 177 g/mol. The molecule has 0 saturated carbocycles. The average Bonchev–Trinajstić information content (AvgIpc) is 1.88. The van der Waals surface area contributed by atoms with Crippen molar-refractivity contribution in [2.24, 2.45) is 5.73 Å². The Morgan fingerprint density at radius 1 is 1.73 bits per heavy atom. The molecule has 0 aromatic carbocycles. The fourth-order valence-electron chi connectivity index (χ4n) is 0.535. The summed E-state index contributed by atoms with van der Waals surface area (Å²) in [6, 6.07) is 0. The van der Waals surface area contributed by atoms with Gasteiger partial charge in [-0.15, -0.1) is 0 Å². The Bertz CT molecular complexity index is 136. The Hall–Kier alpha value is -0.220. The summed E-state index contributed by atoms with van der Waals surface area (Å²) in [7, 11) is 0. The van der Waals surface area contributed by atoms with Crippen molar-refractivity contribution in [3.8, 4) is 0 Å². The summed E-state index contributed by atoms with van der Waals surface area (Å²) in [5.41, 5.74) is 4.43. The fourth-order valence-corrected chi connectivity index (χ4v) is 1.39. The van der Waals surface area contributed by atoms with E-state index in [0.717, 1.165) is 11.5 Å². The van der Waals surface area contributed by atoms with Crippen LogP contribution in [0.3, 0.4) is 0 Å². The first-order valence-electron chi connectivity index (χ1n) is 3.60. The minimum Gasteiger partial charge on any atom is -0.480 e. The number of rotatable bonds is 5. The van der Waals surface area contributed by atoms with Crippen LogP contribution in [0, 0.1) is 0 Å². The number of carboxylic acids is 1. The minimum absolute atomic E-state index is 0.529. The maximum Gasteiger partial charge on any atom is 0.323 e. The summed E-state index contributed by atoms with van der Waals surface area (Å²) < 4.78 is 0. The molecule has 4 heteroatoms. The molecule has 0 aliphatic rings. The second-order valence-corrected chi connectivity index (χ2v) is 4.06. The summed E-state index contributed by atoms with van der Waals surface area (Å²) in [4.78, 5) is 10.5. The lowest BCUT2D eigenvalue weighted by Gasteiger charge is -2.17. The molecule has 1 atom stereocenters. The summed E-state index contributed by atoms with van der Waals surface area (Å²) in [6.07, 6.45) is 0.529. The first-order valence-corrected chi connectivity index (χ1v) is 4.76. The van der Waals surface area contributed by atoms with Gasteiger partial charge in [0.2, 0.25) is 0 Å². The van der Waals surface area contributed by atoms with Crippen molar-refractivity contribution in [1.29, 1.82) is 0 Å². The number of aliphatic carboxylic acids is 1. The fraction of sp³-hybridized carbons (Fsp3) is 0.857. The molecule has 0 aromatic heterocycles. The molecule has 0 rings (SSSR count). The summed E-state index contributed by atoms with van der Waals surface area (Å²) in [5.74, 6) is 0.903. The zero-order valence-corrected chi connectivity index (χ0v) is 7.78. The van der Waals surface area contributed by atoms with E-state index in [1.54, 1.807) is 18.7 Å². The van der Waals surface area contributed by atoms with E-state index in [-0.39, 0.29) is 0 Å². The predicted molar refractivity (Wildman–Crippen MR) is 47.8 cm³/mol. The van der Waals surface area contributed by atoms with E-state index in [9.17, 15) is 4.79 Å². The van der Waals surface area contributed by atoms with Crippen LogP contribution in [0.15, 0.2) is 0 Å². The molecule has 0 fully saturated rings. The Morgan fingerprint density at radius 3 is 2.64 bits per heavy atom. The van der Waals surface area contributed by atoms with Gasteiger partial charge in [-0.3, -0.25) is 4.79 Å². The molecule has 0 aromatic rings. The molecular formula is C7H15NO2S. The Morgan fingerprint density at radius 2 is 2.27 bits per heavy atom. The maximum absolute atomic E-state index is 10.5. The van der Waals surface area contributed by atoms with Crippen LogP contribution in [-0.4, -0.2) is 28.1 Å². The highest BCUT2D eigenvalue weighted by Crippen LogP contribution is 2.11. The summed E-state index contributed by atoms with van der Waals surface area (Å²) >= 11 is 1.71. The van der Waals surface area contributed by atoms with Gasteiger partial charge in [-0.2, -0.15) is 11.8 Å². The van der Waals surface area contributed by atoms with Gasteiger partial charge in [0, 0.05) is 0 Å². The lowest BCUT2D eigenvalue weighted by Crippen LogP contribution is -2.45. The molecule has 3 nitrogen and oxygen atoms in total. The maximum atomic E-state index is 10.5. The molecule has 0 spiro atoms. The third-order valence-corrected chi connectivity index (χ3v) is 2.36. The predicted octanol–water partition coefficient (Wildman–Crippen LogP) is 0.932. The van der Waals surface area contributed by atoms with E-state index in [4.69, 9.17) is 10.8 Å². The standard InChI is InChI=1S/C7H15NO2S/c1-3-11-5-4-7(2,8)6(9)10/h3-5,8H2,1-2H3,(H,9,10). The van der Waals surface area contributed by atoms with E-state index in [0.29, 0.717) is 6.42 Å². The van der Waals surface area contributed by atoms with Crippen LogP contribution in [0.5, 0.6) is 0 Å². The minimum atomic E-state index is -1.05. The quantitative estimate of drug-likeness (QED) is 0.613. The topological polar surface area (TPSA) is 63.3 Å². The van der Waals surface area contributed by atoms with Gasteiger partial charge in [-0.25, -0.2) is 0 Å². The molecule has 3 N–H and O–H groups in total. The van der Waals surface area contributed by atoms with Crippen LogP contribution in [0.4, 0.5) is 0 Å². The summed E-state index contributed by atoms with van der Waals surface area (Å²) in [5, 5.41) is 8.61. The van der Waals surface area contributed by atoms with E-state index in [1.807, 2.05) is 6.92 Å². The largest absolute Gasteiger partial charge is 0.480 e. The molecule has 0 heterocycles. The number of hydrogen-bond donors (Lipinski definition) is 2. The first kappa shape index (κ1) is 10.8. The van der Waals surface area contributed by atoms with Gasteiger partial charge in [0.1, 0.15) is 5.54 Å². The summed E-state index contributed by atoms with van der Waals surface area (Å²) in [6.45, 7) is 3.59. The average molecular weight is 177 g/mol. The molecule has 0 saturated heterocycles. The van der Waals surface area contributed by atoms with Gasteiger partial charge >= 0.3 is 5.97 Å². The van der Waals surface area contributed by atoms with E-state index in [2.05, 4.69) is 0 Å². The number of carbonyl (C=O) groups is 1. The Labute approximate surface area is 71.3 Å². The third-order valence-electron chi connectivity index (χ3n) is 1.46. The second kappa shape index (κ2) is 4.62. The van der Waals surface area contributed by atoms with Gasteiger partial charge < -0.3 is 10.8 Å². The number of thioether (sulfide) groups is 1. The van der Waals surface area contributed by atoms with Crippen molar-refractivity contribution < 1.29 is 9.90 Å². The Kier molecular flexibility index (Phi) is 4.52. The number of carboxylic acid groups (broad SMARTS) is 1. The van der Waals surface area contributed by atoms with Crippen molar-refractivity contribution in [2.45, 2.75) is 25.8 Å². The molecule has 66 valence electrons. The van der Waals surface area contributed by atoms with Gasteiger partial charge in [-0.1, -0.05) is 6.92 Å². The highest BCUT2D eigenvalue weighted by molar-refractivity contribution is 7.99. The van der Waals surface area contributed by atoms with Crippen LogP contribution in [0.1, 0.15) is 20.3 Å². The third kappa shape index (κ3) is 4.27. The van der Waals surface area contributed by atoms with E-state index >= 15 is 0 Å². The molecule has 0 bridgehead atoms. The zero-order valence-electron chi connectivity index (χ0n) is 6.96. The number of hydrogen-bond acceptors (Lipinski definition) is 3. The van der Waals surface area contributed by atoms with E-state index < -0.39 is 11.5 Å². The normalized spacial score (nSPS) is 15.9. The van der Waals surface area contributed by atoms with Crippen LogP contribution in [0.2, 0.25) is 0 Å².